The van der Waals surface area contributed by atoms with Gasteiger partial charge in [-0.15, -0.1) is 0 Å². The van der Waals surface area contributed by atoms with Crippen LogP contribution in [0.1, 0.15) is 84.0 Å². The first-order chi connectivity index (χ1) is 11.5. The number of phosphoric ester groups is 1. The highest BCUT2D eigenvalue weighted by Crippen LogP contribution is 2.49. The Balaban J connectivity index is 1.84. The fourth-order valence-corrected chi connectivity index (χ4v) is 3.61. The van der Waals surface area contributed by atoms with Crippen LogP contribution in [0.15, 0.2) is 0 Å². The average Bonchev–Trinajstić information content (AvgIpc) is 2.90. The molecule has 0 spiro atoms. The lowest BCUT2D eigenvalue weighted by Crippen LogP contribution is -2.20. The van der Waals surface area contributed by atoms with Crippen LogP contribution in [-0.4, -0.2) is 30.2 Å². The maximum atomic E-state index is 11.6. The van der Waals surface area contributed by atoms with E-state index in [-0.39, 0.29) is 19.2 Å². The maximum Gasteiger partial charge on any atom is 0.472 e. The predicted octanol–water partition coefficient (Wildman–Crippen LogP) is 4.75. The van der Waals surface area contributed by atoms with Crippen LogP contribution in [0.25, 0.3) is 0 Å². The third kappa shape index (κ3) is 11.2. The number of hydrogen-bond acceptors (Lipinski definition) is 5. The van der Waals surface area contributed by atoms with E-state index in [0.29, 0.717) is 6.42 Å². The molecule has 1 fully saturated rings. The van der Waals surface area contributed by atoms with Crippen LogP contribution in [0.3, 0.4) is 0 Å². The number of hydrogen-bond donors (Lipinski definition) is 1. The quantitative estimate of drug-likeness (QED) is 0.272. The molecular formula is C17H33O6P. The van der Waals surface area contributed by atoms with Gasteiger partial charge in [-0.1, -0.05) is 71.1 Å². The van der Waals surface area contributed by atoms with E-state index in [1.54, 1.807) is 0 Å². The Morgan fingerprint density at radius 1 is 1.04 bits per heavy atom. The molecule has 1 rings (SSSR count). The molecule has 142 valence electrons. The molecule has 1 aliphatic rings. The summed E-state index contributed by atoms with van der Waals surface area (Å²) in [6.07, 6.45) is 13.4. The Labute approximate surface area is 145 Å². The minimum Gasteiger partial charge on any atom is -0.463 e. The molecule has 0 bridgehead atoms. The van der Waals surface area contributed by atoms with E-state index in [9.17, 15) is 9.36 Å². The molecule has 0 saturated carbocycles. The number of esters is 1. The highest BCUT2D eigenvalue weighted by atomic mass is 31.2. The van der Waals surface area contributed by atoms with Crippen molar-refractivity contribution >= 4 is 13.8 Å². The van der Waals surface area contributed by atoms with Crippen LogP contribution >= 0.6 is 7.82 Å². The standard InChI is InChI=1S/C17H33O6P/c1-2-3-4-5-6-7-8-9-10-11-12-13-17(18)21-14-16-15-22-24(19,20)23-16/h16H,2-15H2,1H3,(H,19,20)/t16-/m1/s1. The summed E-state index contributed by atoms with van der Waals surface area (Å²) in [6, 6.07) is 0. The summed E-state index contributed by atoms with van der Waals surface area (Å²) in [5.41, 5.74) is 0. The molecule has 6 nitrogen and oxygen atoms in total. The summed E-state index contributed by atoms with van der Waals surface area (Å²) >= 11 is 0. The monoisotopic (exact) mass is 364 g/mol. The lowest BCUT2D eigenvalue weighted by Gasteiger charge is -2.08. The van der Waals surface area contributed by atoms with Crippen molar-refractivity contribution in [2.45, 2.75) is 90.1 Å². The number of phosphoric acid groups is 1. The van der Waals surface area contributed by atoms with E-state index in [1.165, 1.54) is 51.4 Å². The van der Waals surface area contributed by atoms with Crippen molar-refractivity contribution in [3.63, 3.8) is 0 Å². The number of carbonyl (C=O) groups is 1. The Kier molecular flexibility index (Phi) is 11.6. The van der Waals surface area contributed by atoms with Crippen molar-refractivity contribution in [2.75, 3.05) is 13.2 Å². The molecule has 0 aromatic heterocycles. The largest absolute Gasteiger partial charge is 0.472 e. The zero-order valence-electron chi connectivity index (χ0n) is 14.9. The molecule has 0 radical (unpaired) electrons. The molecule has 0 aromatic carbocycles. The predicted molar refractivity (Wildman–Crippen MR) is 92.7 cm³/mol. The van der Waals surface area contributed by atoms with Crippen LogP contribution in [0, 0.1) is 0 Å². The molecule has 7 heteroatoms. The third-order valence-corrected chi connectivity index (χ3v) is 5.16. The SMILES string of the molecule is CCCCCCCCCCCCCC(=O)OC[C@@H]1COP(=O)(O)O1. The normalized spacial score (nSPS) is 23.5. The Hall–Kier alpha value is -0.420. The fraction of sp³-hybridized carbons (Fsp3) is 0.941. The first-order valence-corrected chi connectivity index (χ1v) is 10.8. The zero-order chi connectivity index (χ0) is 17.7. The summed E-state index contributed by atoms with van der Waals surface area (Å²) in [4.78, 5) is 20.6. The van der Waals surface area contributed by atoms with E-state index in [4.69, 9.17) is 14.2 Å². The highest BCUT2D eigenvalue weighted by Gasteiger charge is 2.35. The molecule has 1 aliphatic heterocycles. The van der Waals surface area contributed by atoms with Crippen molar-refractivity contribution < 1.29 is 28.0 Å². The summed E-state index contributed by atoms with van der Waals surface area (Å²) in [7, 11) is -3.90. The Morgan fingerprint density at radius 2 is 1.58 bits per heavy atom. The number of carbonyl (C=O) groups excluding carboxylic acids is 1. The molecular weight excluding hydrogens is 331 g/mol. The molecule has 0 aromatic rings. The van der Waals surface area contributed by atoms with Gasteiger partial charge in [0.25, 0.3) is 0 Å². The fourth-order valence-electron chi connectivity index (χ4n) is 2.70. The van der Waals surface area contributed by atoms with Crippen molar-refractivity contribution in [1.82, 2.24) is 0 Å². The second-order valence-electron chi connectivity index (χ2n) is 6.46. The molecule has 0 aliphatic carbocycles. The molecule has 1 N–H and O–H groups in total. The molecule has 1 saturated heterocycles. The lowest BCUT2D eigenvalue weighted by atomic mass is 10.1. The van der Waals surface area contributed by atoms with E-state index >= 15 is 0 Å². The van der Waals surface area contributed by atoms with Crippen molar-refractivity contribution in [3.8, 4) is 0 Å². The van der Waals surface area contributed by atoms with Crippen LogP contribution in [0.2, 0.25) is 0 Å². The third-order valence-electron chi connectivity index (χ3n) is 4.12. The molecule has 24 heavy (non-hydrogen) atoms. The van der Waals surface area contributed by atoms with Gasteiger partial charge in [0.05, 0.1) is 6.61 Å². The summed E-state index contributed by atoms with van der Waals surface area (Å²) < 4.78 is 25.3. The van der Waals surface area contributed by atoms with Crippen LogP contribution in [0.5, 0.6) is 0 Å². The van der Waals surface area contributed by atoms with Crippen LogP contribution in [-0.2, 0) is 23.1 Å². The van der Waals surface area contributed by atoms with Gasteiger partial charge >= 0.3 is 13.8 Å². The second-order valence-corrected chi connectivity index (χ2v) is 7.87. The lowest BCUT2D eigenvalue weighted by molar-refractivity contribution is -0.146. The smallest absolute Gasteiger partial charge is 0.463 e. The summed E-state index contributed by atoms with van der Waals surface area (Å²) in [6.45, 7) is 2.20. The van der Waals surface area contributed by atoms with E-state index in [1.807, 2.05) is 0 Å². The van der Waals surface area contributed by atoms with Gasteiger partial charge in [-0.05, 0) is 6.42 Å². The number of rotatable bonds is 14. The van der Waals surface area contributed by atoms with Gasteiger partial charge in [0.1, 0.15) is 12.7 Å². The Morgan fingerprint density at radius 3 is 2.08 bits per heavy atom. The van der Waals surface area contributed by atoms with Crippen LogP contribution < -0.4 is 0 Å². The van der Waals surface area contributed by atoms with Gasteiger partial charge in [0.15, 0.2) is 0 Å². The zero-order valence-corrected chi connectivity index (χ0v) is 15.8. The molecule has 1 heterocycles. The van der Waals surface area contributed by atoms with E-state index in [2.05, 4.69) is 11.4 Å². The maximum absolute atomic E-state index is 11.6. The number of unbranched alkanes of at least 4 members (excludes halogenated alkanes) is 10. The van der Waals surface area contributed by atoms with Gasteiger partial charge in [0, 0.05) is 6.42 Å². The summed E-state index contributed by atoms with van der Waals surface area (Å²) in [5, 5.41) is 0. The number of ether oxygens (including phenoxy) is 1. The molecule has 1 unspecified atom stereocenters. The minimum atomic E-state index is -3.90. The van der Waals surface area contributed by atoms with Crippen molar-refractivity contribution in [1.29, 1.82) is 0 Å². The van der Waals surface area contributed by atoms with Crippen LogP contribution in [0.4, 0.5) is 0 Å². The van der Waals surface area contributed by atoms with Gasteiger partial charge in [-0.25, -0.2) is 4.57 Å². The van der Waals surface area contributed by atoms with Gasteiger partial charge in [0.2, 0.25) is 0 Å². The first kappa shape index (κ1) is 21.6. The van der Waals surface area contributed by atoms with Gasteiger partial charge < -0.3 is 9.63 Å². The summed E-state index contributed by atoms with van der Waals surface area (Å²) in [5.74, 6) is -0.283. The first-order valence-electron chi connectivity index (χ1n) is 9.35. The highest BCUT2D eigenvalue weighted by molar-refractivity contribution is 7.47. The Bertz CT molecular complexity index is 387. The van der Waals surface area contributed by atoms with Gasteiger partial charge in [-0.2, -0.15) is 0 Å². The van der Waals surface area contributed by atoms with E-state index in [0.717, 1.165) is 19.3 Å². The van der Waals surface area contributed by atoms with Crippen molar-refractivity contribution in [3.05, 3.63) is 0 Å². The molecule has 2 atom stereocenters. The average molecular weight is 364 g/mol. The second kappa shape index (κ2) is 12.9. The minimum absolute atomic E-state index is 0.0144. The topological polar surface area (TPSA) is 82.1 Å². The van der Waals surface area contributed by atoms with E-state index < -0.39 is 13.9 Å². The molecule has 0 amide bonds. The van der Waals surface area contributed by atoms with Crippen molar-refractivity contribution in [2.24, 2.45) is 0 Å². The van der Waals surface area contributed by atoms with Gasteiger partial charge in [-0.3, -0.25) is 13.8 Å².